The van der Waals surface area contributed by atoms with E-state index in [9.17, 15) is 19.2 Å². The number of methoxy groups -OCH3 is 1. The summed E-state index contributed by atoms with van der Waals surface area (Å²) in [6.07, 6.45) is -0.118. The van der Waals surface area contributed by atoms with Crippen LogP contribution < -0.4 is 15.5 Å². The lowest BCUT2D eigenvalue weighted by Gasteiger charge is -2.18. The van der Waals surface area contributed by atoms with Crippen LogP contribution in [0.1, 0.15) is 35.3 Å². The second-order valence-corrected chi connectivity index (χ2v) is 7.35. The summed E-state index contributed by atoms with van der Waals surface area (Å²) in [4.78, 5) is 49.2. The van der Waals surface area contributed by atoms with Crippen LogP contribution in [0.4, 0.5) is 0 Å². The Bertz CT molecular complexity index is 994. The van der Waals surface area contributed by atoms with Gasteiger partial charge >= 0.3 is 5.97 Å². The van der Waals surface area contributed by atoms with Gasteiger partial charge in [-0.05, 0) is 24.6 Å². The number of carbonyl (C=O) groups is 4. The molecule has 1 fully saturated rings. The highest BCUT2D eigenvalue weighted by Crippen LogP contribution is 2.20. The Kier molecular flexibility index (Phi) is 7.43. The third-order valence-electron chi connectivity index (χ3n) is 5.07. The highest BCUT2D eigenvalue weighted by atomic mass is 16.5. The molecule has 0 radical (unpaired) electrons. The Hall–Kier alpha value is -3.88. The van der Waals surface area contributed by atoms with Crippen LogP contribution in [0, 0.1) is 5.92 Å². The van der Waals surface area contributed by atoms with Crippen LogP contribution in [0.25, 0.3) is 0 Å². The molecule has 1 saturated heterocycles. The van der Waals surface area contributed by atoms with E-state index in [1.807, 2.05) is 37.3 Å². The van der Waals surface area contributed by atoms with Gasteiger partial charge in [-0.1, -0.05) is 42.5 Å². The maximum atomic E-state index is 12.5. The number of carbonyl (C=O) groups excluding carboxylic acids is 4. The monoisotopic (exact) mass is 439 g/mol. The van der Waals surface area contributed by atoms with Crippen molar-refractivity contribution in [3.63, 3.8) is 0 Å². The van der Waals surface area contributed by atoms with Crippen molar-refractivity contribution in [1.82, 2.24) is 15.8 Å². The van der Waals surface area contributed by atoms with Crippen molar-refractivity contribution in [2.45, 2.75) is 19.4 Å². The van der Waals surface area contributed by atoms with Crippen molar-refractivity contribution in [2.24, 2.45) is 5.92 Å². The smallest absolute Gasteiger partial charge is 0.311 e. The fourth-order valence-electron chi connectivity index (χ4n) is 3.35. The van der Waals surface area contributed by atoms with Crippen molar-refractivity contribution in [3.05, 3.63) is 65.7 Å². The van der Waals surface area contributed by atoms with Gasteiger partial charge in [0.15, 0.2) is 6.61 Å². The van der Waals surface area contributed by atoms with Gasteiger partial charge < -0.3 is 14.8 Å². The number of esters is 1. The first kappa shape index (κ1) is 22.8. The zero-order valence-corrected chi connectivity index (χ0v) is 17.9. The number of rotatable bonds is 8. The Morgan fingerprint density at radius 2 is 1.78 bits per heavy atom. The van der Waals surface area contributed by atoms with E-state index in [0.717, 1.165) is 10.6 Å². The second-order valence-electron chi connectivity index (χ2n) is 7.35. The van der Waals surface area contributed by atoms with Crippen molar-refractivity contribution >= 4 is 23.7 Å². The number of nitrogens with one attached hydrogen (secondary N) is 2. The normalized spacial score (nSPS) is 16.2. The molecule has 0 saturated carbocycles. The number of ether oxygens (including phenoxy) is 2. The van der Waals surface area contributed by atoms with Crippen LogP contribution in [-0.4, -0.2) is 49.0 Å². The fourth-order valence-corrected chi connectivity index (χ4v) is 3.35. The van der Waals surface area contributed by atoms with E-state index < -0.39 is 36.2 Å². The van der Waals surface area contributed by atoms with Crippen molar-refractivity contribution in [1.29, 1.82) is 0 Å². The van der Waals surface area contributed by atoms with Gasteiger partial charge in [-0.2, -0.15) is 0 Å². The molecule has 0 aliphatic carbocycles. The predicted molar refractivity (Wildman–Crippen MR) is 114 cm³/mol. The average Bonchev–Trinajstić information content (AvgIpc) is 3.18. The highest BCUT2D eigenvalue weighted by molar-refractivity contribution is 5.98. The quantitative estimate of drug-likeness (QED) is 0.604. The van der Waals surface area contributed by atoms with Gasteiger partial charge in [0.2, 0.25) is 5.91 Å². The van der Waals surface area contributed by atoms with Gasteiger partial charge in [0.05, 0.1) is 31.2 Å². The standard InChI is InChI=1S/C23H25N3O6/c1-15(16-8-4-3-5-9-16)24-20(27)14-32-23(30)17-12-21(28)26(13-17)25-22(29)18-10-6-7-11-19(18)31-2/h3-11,15,17H,12-14H2,1-2H3,(H,24,27)(H,25,29)/t15-,17-/m1/s1. The summed E-state index contributed by atoms with van der Waals surface area (Å²) in [5.74, 6) is -2.48. The summed E-state index contributed by atoms with van der Waals surface area (Å²) < 4.78 is 10.2. The maximum absolute atomic E-state index is 12.5. The molecule has 0 bridgehead atoms. The van der Waals surface area contributed by atoms with Gasteiger partial charge in [-0.15, -0.1) is 0 Å². The first-order chi connectivity index (χ1) is 15.4. The molecule has 168 valence electrons. The topological polar surface area (TPSA) is 114 Å². The van der Waals surface area contributed by atoms with E-state index in [1.54, 1.807) is 24.3 Å². The number of para-hydroxylation sites is 1. The zero-order valence-electron chi connectivity index (χ0n) is 17.9. The van der Waals surface area contributed by atoms with Gasteiger partial charge in [-0.25, -0.2) is 0 Å². The number of nitrogens with zero attached hydrogens (tertiary/aromatic N) is 1. The number of hydrogen-bond donors (Lipinski definition) is 2. The minimum Gasteiger partial charge on any atom is -0.496 e. The minimum atomic E-state index is -0.778. The molecule has 0 unspecified atom stereocenters. The molecule has 9 heteroatoms. The summed E-state index contributed by atoms with van der Waals surface area (Å²) in [5.41, 5.74) is 3.68. The number of hydrazine groups is 1. The molecule has 0 spiro atoms. The maximum Gasteiger partial charge on any atom is 0.311 e. The Balaban J connectivity index is 1.48. The molecule has 9 nitrogen and oxygen atoms in total. The summed E-state index contributed by atoms with van der Waals surface area (Å²) in [7, 11) is 1.44. The van der Waals surface area contributed by atoms with E-state index in [2.05, 4.69) is 10.7 Å². The van der Waals surface area contributed by atoms with Crippen molar-refractivity contribution in [3.8, 4) is 5.75 Å². The van der Waals surface area contributed by atoms with E-state index in [-0.39, 0.29) is 24.6 Å². The first-order valence-corrected chi connectivity index (χ1v) is 10.1. The molecule has 2 aromatic rings. The molecule has 1 aliphatic rings. The summed E-state index contributed by atoms with van der Waals surface area (Å²) in [6.45, 7) is 1.34. The number of hydrogen-bond acceptors (Lipinski definition) is 6. The van der Waals surface area contributed by atoms with Gasteiger partial charge in [0.25, 0.3) is 11.8 Å². The average molecular weight is 439 g/mol. The Morgan fingerprint density at radius 1 is 1.09 bits per heavy atom. The minimum absolute atomic E-state index is 0.0411. The van der Waals surface area contributed by atoms with E-state index in [4.69, 9.17) is 9.47 Å². The summed E-state index contributed by atoms with van der Waals surface area (Å²) >= 11 is 0. The lowest BCUT2D eigenvalue weighted by molar-refractivity contribution is -0.152. The molecule has 2 atom stereocenters. The summed E-state index contributed by atoms with van der Waals surface area (Å²) in [5, 5.41) is 3.83. The van der Waals surface area contributed by atoms with E-state index in [1.165, 1.54) is 7.11 Å². The molecule has 3 rings (SSSR count). The van der Waals surface area contributed by atoms with Gasteiger partial charge in [0.1, 0.15) is 5.75 Å². The SMILES string of the molecule is COc1ccccc1C(=O)NN1C[C@H](C(=O)OCC(=O)N[C@H](C)c2ccccc2)CC1=O. The van der Waals surface area contributed by atoms with E-state index in [0.29, 0.717) is 5.75 Å². The largest absolute Gasteiger partial charge is 0.496 e. The molecule has 32 heavy (non-hydrogen) atoms. The van der Waals surface area contributed by atoms with Crippen LogP contribution in [0.5, 0.6) is 5.75 Å². The van der Waals surface area contributed by atoms with Crippen LogP contribution in [0.15, 0.2) is 54.6 Å². The second kappa shape index (κ2) is 10.4. The number of amides is 3. The lowest BCUT2D eigenvalue weighted by atomic mass is 10.1. The molecule has 1 aliphatic heterocycles. The molecule has 1 heterocycles. The molecular weight excluding hydrogens is 414 g/mol. The van der Waals surface area contributed by atoms with Crippen LogP contribution >= 0.6 is 0 Å². The fraction of sp³-hybridized carbons (Fsp3) is 0.304. The molecule has 3 amide bonds. The third kappa shape index (κ3) is 5.63. The molecule has 2 N–H and O–H groups in total. The number of benzene rings is 2. The highest BCUT2D eigenvalue weighted by Gasteiger charge is 2.37. The third-order valence-corrected chi connectivity index (χ3v) is 5.07. The van der Waals surface area contributed by atoms with E-state index >= 15 is 0 Å². The van der Waals surface area contributed by atoms with Crippen molar-refractivity contribution in [2.75, 3.05) is 20.3 Å². The van der Waals surface area contributed by atoms with Crippen LogP contribution in [0.3, 0.4) is 0 Å². The van der Waals surface area contributed by atoms with Crippen LogP contribution in [0.2, 0.25) is 0 Å². The molecule has 2 aromatic carbocycles. The first-order valence-electron chi connectivity index (χ1n) is 10.1. The Labute approximate surface area is 185 Å². The summed E-state index contributed by atoms with van der Waals surface area (Å²) in [6, 6.07) is 15.7. The van der Waals surface area contributed by atoms with Gasteiger partial charge in [-0.3, -0.25) is 29.6 Å². The lowest BCUT2D eigenvalue weighted by Crippen LogP contribution is -2.43. The van der Waals surface area contributed by atoms with Crippen LogP contribution in [-0.2, 0) is 19.1 Å². The zero-order chi connectivity index (χ0) is 23.1. The van der Waals surface area contributed by atoms with Crippen molar-refractivity contribution < 1.29 is 28.7 Å². The molecular formula is C23H25N3O6. The molecule has 0 aromatic heterocycles. The van der Waals surface area contributed by atoms with Gasteiger partial charge in [0, 0.05) is 6.42 Å². The predicted octanol–water partition coefficient (Wildman–Crippen LogP) is 1.61. The Morgan fingerprint density at radius 3 is 2.50 bits per heavy atom.